The Labute approximate surface area is 203 Å². The van der Waals surface area contributed by atoms with Gasteiger partial charge in [0.1, 0.15) is 17.8 Å². The lowest BCUT2D eigenvalue weighted by molar-refractivity contribution is -0.128. The molecular weight excluding hydrogens is 434 g/mol. The maximum Gasteiger partial charge on any atom is 0.432 e. The molecule has 0 aliphatic carbocycles. The molecule has 7 heteroatoms. The molecule has 188 valence electrons. The fraction of sp³-hybridized carbons (Fsp3) is 0.630. The molecule has 0 bridgehead atoms. The summed E-state index contributed by atoms with van der Waals surface area (Å²) in [6.45, 7) is 7.99. The number of hydrogen-bond acceptors (Lipinski definition) is 6. The van der Waals surface area contributed by atoms with Crippen molar-refractivity contribution in [2.75, 3.05) is 7.11 Å². The number of ketones is 2. The van der Waals surface area contributed by atoms with E-state index in [0.717, 1.165) is 25.7 Å². The number of carbonyl (C=O) groups excluding carboxylic acids is 3. The van der Waals surface area contributed by atoms with Crippen molar-refractivity contribution in [3.05, 3.63) is 35.1 Å². The molecule has 2 aliphatic rings. The number of nitrogens with zero attached hydrogens (tertiary/aromatic N) is 1. The predicted octanol–water partition coefficient (Wildman–Crippen LogP) is 5.89. The number of hydrogen-bond donors (Lipinski definition) is 0. The molecule has 4 unspecified atom stereocenters. The summed E-state index contributed by atoms with van der Waals surface area (Å²) in [5.74, 6) is -0.819. The van der Waals surface area contributed by atoms with Crippen molar-refractivity contribution < 1.29 is 28.6 Å². The van der Waals surface area contributed by atoms with Crippen molar-refractivity contribution in [2.24, 2.45) is 16.8 Å². The minimum Gasteiger partial charge on any atom is -0.466 e. The van der Waals surface area contributed by atoms with Gasteiger partial charge in [0.25, 0.3) is 0 Å². The molecule has 2 heterocycles. The summed E-state index contributed by atoms with van der Waals surface area (Å²) in [6.07, 6.45) is 13.0. The van der Waals surface area contributed by atoms with E-state index in [1.165, 1.54) is 44.2 Å². The second-order valence-electron chi connectivity index (χ2n) is 9.16. The number of unbranched alkanes of at least 4 members (excludes halogenated alkanes) is 4. The van der Waals surface area contributed by atoms with Crippen LogP contribution < -0.4 is 0 Å². The van der Waals surface area contributed by atoms with Crippen LogP contribution in [0.3, 0.4) is 0 Å². The molecule has 0 aromatic heterocycles. The van der Waals surface area contributed by atoms with Gasteiger partial charge in [-0.05, 0) is 51.5 Å². The van der Waals surface area contributed by atoms with E-state index >= 15 is 0 Å². The minimum atomic E-state index is -0.864. The lowest BCUT2D eigenvalue weighted by Crippen LogP contribution is -2.29. The molecule has 0 aromatic carbocycles. The summed E-state index contributed by atoms with van der Waals surface area (Å²) in [4.78, 5) is 40.7. The smallest absolute Gasteiger partial charge is 0.432 e. The molecule has 0 spiro atoms. The van der Waals surface area contributed by atoms with Gasteiger partial charge in [0.15, 0.2) is 11.6 Å². The Kier molecular flexibility index (Phi) is 11.4. The number of amides is 1. The molecular formula is C27H39NO6. The molecule has 0 aromatic rings. The minimum absolute atomic E-state index is 0.0240. The first-order valence-corrected chi connectivity index (χ1v) is 12.3. The third-order valence-electron chi connectivity index (χ3n) is 6.20. The highest BCUT2D eigenvalue weighted by atomic mass is 16.8. The van der Waals surface area contributed by atoms with E-state index in [-0.39, 0.29) is 17.5 Å². The number of aliphatic imine (C=N–C) groups is 1. The molecule has 7 nitrogen and oxygen atoms in total. The second kappa shape index (κ2) is 14.0. The molecule has 4 atom stereocenters. The zero-order chi connectivity index (χ0) is 25.1. The quantitative estimate of drug-likeness (QED) is 0.0827. The van der Waals surface area contributed by atoms with E-state index in [0.29, 0.717) is 17.8 Å². The number of carbonyl (C=O) groups is 3. The molecule has 1 fully saturated rings. The number of ether oxygens (including phenoxy) is 3. The summed E-state index contributed by atoms with van der Waals surface area (Å²) in [5.41, 5.74) is 1.78. The maximum absolute atomic E-state index is 13.1. The first-order valence-electron chi connectivity index (χ1n) is 12.3. The number of allylic oxidation sites excluding steroid dienone is 6. The van der Waals surface area contributed by atoms with E-state index < -0.39 is 24.4 Å². The third kappa shape index (κ3) is 8.67. The van der Waals surface area contributed by atoms with Crippen molar-refractivity contribution in [2.45, 2.75) is 91.5 Å². The van der Waals surface area contributed by atoms with Crippen LogP contribution in [-0.4, -0.2) is 43.4 Å². The second-order valence-corrected chi connectivity index (χ2v) is 9.16. The van der Waals surface area contributed by atoms with Crippen molar-refractivity contribution in [1.29, 1.82) is 0 Å². The van der Waals surface area contributed by atoms with Gasteiger partial charge in [-0.2, -0.15) is 4.99 Å². The number of methoxy groups -OCH3 is 1. The SMILES string of the molecule is CCCCCCC(C)=C/C=C(\C)C(=O)C1C(=O)C=C(C(C)CCCC=NC(=O)OC)OC2OC21. The highest BCUT2D eigenvalue weighted by Crippen LogP contribution is 2.39. The normalized spacial score (nSPS) is 23.6. The summed E-state index contributed by atoms with van der Waals surface area (Å²) in [5, 5.41) is 0. The highest BCUT2D eigenvalue weighted by Gasteiger charge is 2.55. The lowest BCUT2D eigenvalue weighted by atomic mass is 9.90. The molecule has 1 saturated heterocycles. The van der Waals surface area contributed by atoms with Crippen LogP contribution in [0.1, 0.15) is 79.1 Å². The zero-order valence-corrected chi connectivity index (χ0v) is 21.2. The molecule has 34 heavy (non-hydrogen) atoms. The van der Waals surface area contributed by atoms with Crippen LogP contribution >= 0.6 is 0 Å². The molecule has 0 saturated carbocycles. The van der Waals surface area contributed by atoms with Gasteiger partial charge in [0, 0.05) is 18.2 Å². The Morgan fingerprint density at radius 3 is 2.65 bits per heavy atom. The number of Topliss-reactive ketones (excluding diaryl/α,β-unsaturated/α-hetero) is 1. The average Bonchev–Trinajstić information content (AvgIpc) is 3.58. The Bertz CT molecular complexity index is 853. The first-order chi connectivity index (χ1) is 16.3. The van der Waals surface area contributed by atoms with Gasteiger partial charge in [-0.15, -0.1) is 0 Å². The highest BCUT2D eigenvalue weighted by molar-refractivity contribution is 6.14. The molecule has 2 rings (SSSR count). The van der Waals surface area contributed by atoms with Gasteiger partial charge in [0.05, 0.1) is 7.11 Å². The largest absolute Gasteiger partial charge is 0.466 e. The fourth-order valence-corrected chi connectivity index (χ4v) is 3.89. The summed E-state index contributed by atoms with van der Waals surface area (Å²) in [6, 6.07) is 0. The van der Waals surface area contributed by atoms with Crippen molar-refractivity contribution in [3.8, 4) is 0 Å². The van der Waals surface area contributed by atoms with Crippen LogP contribution in [0.2, 0.25) is 0 Å². The molecule has 0 radical (unpaired) electrons. The van der Waals surface area contributed by atoms with Crippen LogP contribution in [-0.2, 0) is 23.8 Å². The van der Waals surface area contributed by atoms with Crippen molar-refractivity contribution in [3.63, 3.8) is 0 Å². The van der Waals surface area contributed by atoms with Gasteiger partial charge in [-0.25, -0.2) is 4.79 Å². The van der Waals surface area contributed by atoms with Gasteiger partial charge < -0.3 is 14.2 Å². The topological polar surface area (TPSA) is 94.6 Å². The van der Waals surface area contributed by atoms with Gasteiger partial charge in [0.2, 0.25) is 6.29 Å². The van der Waals surface area contributed by atoms with Gasteiger partial charge in [-0.3, -0.25) is 9.59 Å². The lowest BCUT2D eigenvalue weighted by Gasteiger charge is -2.15. The fourth-order valence-electron chi connectivity index (χ4n) is 3.89. The Morgan fingerprint density at radius 1 is 1.18 bits per heavy atom. The van der Waals surface area contributed by atoms with Gasteiger partial charge >= 0.3 is 6.09 Å². The maximum atomic E-state index is 13.1. The van der Waals surface area contributed by atoms with E-state index in [4.69, 9.17) is 9.47 Å². The van der Waals surface area contributed by atoms with E-state index in [9.17, 15) is 14.4 Å². The first kappa shape index (κ1) is 27.7. The van der Waals surface area contributed by atoms with Crippen LogP contribution in [0.4, 0.5) is 4.79 Å². The Balaban J connectivity index is 1.95. The summed E-state index contributed by atoms with van der Waals surface area (Å²) in [7, 11) is 1.28. The zero-order valence-electron chi connectivity index (χ0n) is 21.2. The van der Waals surface area contributed by atoms with Crippen LogP contribution in [0, 0.1) is 11.8 Å². The third-order valence-corrected chi connectivity index (χ3v) is 6.20. The van der Waals surface area contributed by atoms with E-state index in [1.807, 2.05) is 19.1 Å². The predicted molar refractivity (Wildman–Crippen MR) is 132 cm³/mol. The van der Waals surface area contributed by atoms with Gasteiger partial charge in [-0.1, -0.05) is 50.8 Å². The monoisotopic (exact) mass is 473 g/mol. The van der Waals surface area contributed by atoms with Crippen LogP contribution in [0.25, 0.3) is 0 Å². The van der Waals surface area contributed by atoms with E-state index in [2.05, 4.69) is 23.6 Å². The van der Waals surface area contributed by atoms with Crippen molar-refractivity contribution >= 4 is 23.9 Å². The molecule has 0 N–H and O–H groups in total. The number of fused-ring (bicyclic) bond motifs is 1. The molecule has 2 aliphatic heterocycles. The molecule has 1 amide bonds. The summed E-state index contributed by atoms with van der Waals surface area (Å²) < 4.78 is 15.9. The summed E-state index contributed by atoms with van der Waals surface area (Å²) >= 11 is 0. The number of epoxide rings is 1. The van der Waals surface area contributed by atoms with Crippen LogP contribution in [0.5, 0.6) is 0 Å². The Hall–Kier alpha value is -2.54. The standard InChI is InChI=1S/C27H39NO6/c1-6-7-8-9-12-18(2)14-15-20(4)24(30)23-21(29)17-22(33-26-25(23)34-26)19(3)13-10-11-16-28-27(31)32-5/h14-17,19,23,25-26H,6-13H2,1-5H3/b18-14?,20-15+,28-16?. The van der Waals surface area contributed by atoms with Crippen molar-refractivity contribution in [1.82, 2.24) is 0 Å². The number of rotatable bonds is 13. The van der Waals surface area contributed by atoms with Crippen LogP contribution in [0.15, 0.2) is 40.1 Å². The average molecular weight is 474 g/mol. The Morgan fingerprint density at radius 2 is 1.94 bits per heavy atom. The van der Waals surface area contributed by atoms with E-state index in [1.54, 1.807) is 6.92 Å².